The van der Waals surface area contributed by atoms with Crippen molar-refractivity contribution in [1.82, 2.24) is 9.47 Å². The Morgan fingerprint density at radius 1 is 1.33 bits per heavy atom. The van der Waals surface area contributed by atoms with E-state index in [-0.39, 0.29) is 6.54 Å². The van der Waals surface area contributed by atoms with Crippen LogP contribution in [-0.4, -0.2) is 42.0 Å². The molecule has 1 saturated heterocycles. The van der Waals surface area contributed by atoms with Crippen molar-refractivity contribution in [1.29, 1.82) is 0 Å². The number of benzene rings is 1. The highest BCUT2D eigenvalue weighted by atomic mass is 127. The number of alkyl halides is 4. The molecule has 2 atom stereocenters. The lowest BCUT2D eigenvalue weighted by Crippen LogP contribution is -2.38. The summed E-state index contributed by atoms with van der Waals surface area (Å²) >= 11 is 1.90. The third-order valence-electron chi connectivity index (χ3n) is 4.55. The molecule has 0 spiro atoms. The fourth-order valence-corrected chi connectivity index (χ4v) is 4.58. The first kappa shape index (κ1) is 17.8. The number of nitrogens with zero attached hydrogens (tertiary/aromatic N) is 2. The largest absolute Gasteiger partial charge is 0.406 e. The summed E-state index contributed by atoms with van der Waals surface area (Å²) in [6.07, 6.45) is -4.91. The number of hydrogen-bond donors (Lipinski definition) is 1. The Hall–Kier alpha value is -1.03. The molecule has 1 aromatic carbocycles. The first-order chi connectivity index (χ1) is 11.2. The third-order valence-corrected chi connectivity index (χ3v) is 5.71. The van der Waals surface area contributed by atoms with Gasteiger partial charge in [0.2, 0.25) is 0 Å². The van der Waals surface area contributed by atoms with Gasteiger partial charge in [-0.3, -0.25) is 0 Å². The summed E-state index contributed by atoms with van der Waals surface area (Å²) in [5.74, 6) is -0.435. The average molecular weight is 455 g/mol. The number of likely N-dealkylation sites (tertiary alicyclic amines) is 1. The molecule has 0 aliphatic carbocycles. The molecule has 1 aliphatic rings. The second-order valence-electron chi connectivity index (χ2n) is 6.32. The summed E-state index contributed by atoms with van der Waals surface area (Å²) in [7, 11) is 1.84. The van der Waals surface area contributed by atoms with Gasteiger partial charge >= 0.3 is 6.18 Å². The number of nitrogen functional groups attached to an aromatic ring is 1. The Morgan fingerprint density at radius 3 is 2.67 bits per heavy atom. The maximum absolute atomic E-state index is 14.7. The minimum atomic E-state index is -4.35. The molecule has 0 bridgehead atoms. The van der Waals surface area contributed by atoms with Crippen LogP contribution in [0.1, 0.15) is 17.9 Å². The summed E-state index contributed by atoms with van der Waals surface area (Å²) in [5, 5.41) is 0.559. The van der Waals surface area contributed by atoms with Crippen LogP contribution >= 0.6 is 22.6 Å². The van der Waals surface area contributed by atoms with Crippen LogP contribution in [0.5, 0.6) is 0 Å². The van der Waals surface area contributed by atoms with Crippen molar-refractivity contribution in [3.8, 4) is 0 Å². The first-order valence-corrected chi connectivity index (χ1v) is 8.72. The molecule has 0 saturated carbocycles. The molecule has 1 aromatic heterocycles. The molecule has 2 N–H and O–H groups in total. The van der Waals surface area contributed by atoms with E-state index >= 15 is 0 Å². The van der Waals surface area contributed by atoms with Crippen molar-refractivity contribution in [2.45, 2.75) is 31.2 Å². The minimum Gasteiger partial charge on any atom is -0.398 e. The van der Waals surface area contributed by atoms with Crippen molar-refractivity contribution >= 4 is 39.2 Å². The van der Waals surface area contributed by atoms with Crippen LogP contribution in [0.15, 0.2) is 18.2 Å². The standard InChI is InChI=1S/C16H18F4IN3/c1-23-6-5-9(10(17)7-23)13-14-11(22)3-2-4-12(14)24(15(13)21)8-16(18,19)20/h2-4,9-10H,5-8,22H2,1H3. The molecule has 3 nitrogen and oxygen atoms in total. The fourth-order valence-electron chi connectivity index (χ4n) is 3.48. The van der Waals surface area contributed by atoms with E-state index in [4.69, 9.17) is 5.73 Å². The van der Waals surface area contributed by atoms with Gasteiger partial charge in [-0.15, -0.1) is 0 Å². The van der Waals surface area contributed by atoms with E-state index in [9.17, 15) is 17.6 Å². The van der Waals surface area contributed by atoms with E-state index in [1.807, 2.05) is 34.5 Å². The highest BCUT2D eigenvalue weighted by Crippen LogP contribution is 2.42. The molecule has 24 heavy (non-hydrogen) atoms. The van der Waals surface area contributed by atoms with Gasteiger partial charge in [0.1, 0.15) is 12.7 Å². The number of hydrogen-bond acceptors (Lipinski definition) is 2. The average Bonchev–Trinajstić information content (AvgIpc) is 2.72. The van der Waals surface area contributed by atoms with Gasteiger partial charge in [-0.25, -0.2) is 4.39 Å². The molecule has 132 valence electrons. The quantitative estimate of drug-likeness (QED) is 0.420. The number of piperidine rings is 1. The number of halogens is 5. The summed E-state index contributed by atoms with van der Waals surface area (Å²) in [4.78, 5) is 1.90. The molecule has 2 unspecified atom stereocenters. The fraction of sp³-hybridized carbons (Fsp3) is 0.500. The minimum absolute atomic E-state index is 0.277. The van der Waals surface area contributed by atoms with Gasteiger partial charge in [0.05, 0.1) is 9.22 Å². The van der Waals surface area contributed by atoms with Gasteiger partial charge in [-0.1, -0.05) is 6.07 Å². The third kappa shape index (κ3) is 3.22. The van der Waals surface area contributed by atoms with Crippen LogP contribution < -0.4 is 5.73 Å². The molecule has 1 aliphatic heterocycles. The van der Waals surface area contributed by atoms with Gasteiger partial charge in [-0.05, 0) is 60.3 Å². The van der Waals surface area contributed by atoms with Crippen LogP contribution in [-0.2, 0) is 6.54 Å². The topological polar surface area (TPSA) is 34.2 Å². The summed E-state index contributed by atoms with van der Waals surface area (Å²) in [6, 6.07) is 4.90. The summed E-state index contributed by atoms with van der Waals surface area (Å²) in [5.41, 5.74) is 7.48. The number of rotatable bonds is 2. The molecular formula is C16H18F4IN3. The SMILES string of the molecule is CN1CCC(c2c(I)n(CC(F)(F)F)c3cccc(N)c23)C(F)C1. The zero-order valence-corrected chi connectivity index (χ0v) is 15.2. The van der Waals surface area contributed by atoms with Crippen molar-refractivity contribution < 1.29 is 17.6 Å². The second kappa shape index (κ2) is 6.36. The van der Waals surface area contributed by atoms with Gasteiger partial charge in [0.15, 0.2) is 0 Å². The van der Waals surface area contributed by atoms with Crippen molar-refractivity contribution in [2.75, 3.05) is 25.9 Å². The zero-order valence-electron chi connectivity index (χ0n) is 13.1. The maximum atomic E-state index is 14.7. The molecular weight excluding hydrogens is 437 g/mol. The summed E-state index contributed by atoms with van der Waals surface area (Å²) in [6.45, 7) is -0.117. The first-order valence-electron chi connectivity index (χ1n) is 7.64. The molecule has 2 aromatic rings. The molecule has 8 heteroatoms. The van der Waals surface area contributed by atoms with E-state index in [1.54, 1.807) is 18.2 Å². The lowest BCUT2D eigenvalue weighted by atomic mass is 9.87. The zero-order chi connectivity index (χ0) is 17.6. The van der Waals surface area contributed by atoms with Gasteiger partial charge in [0, 0.05) is 23.5 Å². The van der Waals surface area contributed by atoms with Gasteiger partial charge in [0.25, 0.3) is 0 Å². The number of anilines is 1. The predicted molar refractivity (Wildman–Crippen MR) is 94.9 cm³/mol. The molecule has 2 heterocycles. The van der Waals surface area contributed by atoms with Crippen LogP contribution in [0.4, 0.5) is 23.2 Å². The van der Waals surface area contributed by atoms with E-state index in [0.29, 0.717) is 38.8 Å². The second-order valence-corrected chi connectivity index (χ2v) is 7.34. The highest BCUT2D eigenvalue weighted by molar-refractivity contribution is 14.1. The normalized spacial score (nSPS) is 23.1. The number of nitrogens with two attached hydrogens (primary N) is 1. The Kier molecular flexibility index (Phi) is 4.71. The Balaban J connectivity index is 2.19. The van der Waals surface area contributed by atoms with Crippen LogP contribution in [0.25, 0.3) is 10.9 Å². The lowest BCUT2D eigenvalue weighted by molar-refractivity contribution is -0.140. The molecule has 3 rings (SSSR count). The Morgan fingerprint density at radius 2 is 2.04 bits per heavy atom. The lowest BCUT2D eigenvalue weighted by Gasteiger charge is -2.32. The van der Waals surface area contributed by atoms with E-state index in [1.165, 1.54) is 4.57 Å². The van der Waals surface area contributed by atoms with Gasteiger partial charge in [-0.2, -0.15) is 13.2 Å². The van der Waals surface area contributed by atoms with Crippen molar-refractivity contribution in [3.05, 3.63) is 27.5 Å². The monoisotopic (exact) mass is 455 g/mol. The molecule has 0 amide bonds. The smallest absolute Gasteiger partial charge is 0.398 e. The predicted octanol–water partition coefficient (Wildman–Crippen LogP) is 4.15. The van der Waals surface area contributed by atoms with Crippen LogP contribution in [0.2, 0.25) is 0 Å². The van der Waals surface area contributed by atoms with E-state index in [0.717, 1.165) is 0 Å². The molecule has 1 fully saturated rings. The van der Waals surface area contributed by atoms with Crippen LogP contribution in [0.3, 0.4) is 0 Å². The Bertz CT molecular complexity index is 756. The summed E-state index contributed by atoms with van der Waals surface area (Å²) < 4.78 is 55.3. The molecule has 0 radical (unpaired) electrons. The Labute approximate surface area is 150 Å². The number of aromatic nitrogens is 1. The van der Waals surface area contributed by atoms with Crippen molar-refractivity contribution in [3.63, 3.8) is 0 Å². The highest BCUT2D eigenvalue weighted by Gasteiger charge is 2.36. The van der Waals surface area contributed by atoms with Crippen molar-refractivity contribution in [2.24, 2.45) is 0 Å². The van der Waals surface area contributed by atoms with E-state index < -0.39 is 24.8 Å². The van der Waals surface area contributed by atoms with E-state index in [2.05, 4.69) is 0 Å². The number of fused-ring (bicyclic) bond motifs is 1. The maximum Gasteiger partial charge on any atom is 0.406 e. The van der Waals surface area contributed by atoms with Crippen LogP contribution in [0, 0.1) is 3.70 Å². The van der Waals surface area contributed by atoms with Gasteiger partial charge < -0.3 is 15.2 Å².